The summed E-state index contributed by atoms with van der Waals surface area (Å²) in [5.74, 6) is -0.145. The molecule has 0 atom stereocenters. The second-order valence-corrected chi connectivity index (χ2v) is 7.42. The quantitative estimate of drug-likeness (QED) is 0.441. The zero-order chi connectivity index (χ0) is 21.1. The number of phenols is 1. The molecule has 0 aliphatic heterocycles. The molecule has 3 N–H and O–H groups in total. The van der Waals surface area contributed by atoms with Crippen LogP contribution in [0.15, 0.2) is 56.6 Å². The van der Waals surface area contributed by atoms with E-state index in [-0.39, 0.29) is 22.2 Å². The van der Waals surface area contributed by atoms with Crippen molar-refractivity contribution in [1.82, 2.24) is 0 Å². The summed E-state index contributed by atoms with van der Waals surface area (Å²) in [4.78, 5) is 21.7. The number of benzene rings is 2. The van der Waals surface area contributed by atoms with Gasteiger partial charge in [-0.1, -0.05) is 0 Å². The van der Waals surface area contributed by atoms with Gasteiger partial charge >= 0.3 is 5.63 Å². The molecule has 1 aromatic heterocycles. The van der Waals surface area contributed by atoms with Crippen LogP contribution in [-0.4, -0.2) is 24.0 Å². The number of carbonyl (C=O) groups is 1. The molecule has 0 radical (unpaired) electrons. The SMILES string of the molecule is CC(=O)Nc1ccc(S(=O)(=O)O)cc1.Cc1c(C)c2ccc(O)cc2oc1=O. The van der Waals surface area contributed by atoms with Gasteiger partial charge in [-0.15, -0.1) is 0 Å². The Hall–Kier alpha value is -3.17. The van der Waals surface area contributed by atoms with E-state index in [9.17, 15) is 23.1 Å². The Bertz CT molecular complexity index is 1180. The van der Waals surface area contributed by atoms with Gasteiger partial charge in [0.05, 0.1) is 4.90 Å². The minimum absolute atomic E-state index is 0.101. The van der Waals surface area contributed by atoms with E-state index < -0.39 is 10.1 Å². The van der Waals surface area contributed by atoms with Crippen LogP contribution in [-0.2, 0) is 14.9 Å². The minimum atomic E-state index is -4.16. The molecular weight excluding hydrogens is 386 g/mol. The maximum Gasteiger partial charge on any atom is 0.339 e. The lowest BCUT2D eigenvalue weighted by Gasteiger charge is -2.03. The molecule has 0 aliphatic carbocycles. The molecule has 2 aromatic carbocycles. The van der Waals surface area contributed by atoms with Crippen LogP contribution in [0, 0.1) is 13.8 Å². The Morgan fingerprint density at radius 2 is 1.64 bits per heavy atom. The second-order valence-electron chi connectivity index (χ2n) is 6.00. The van der Waals surface area contributed by atoms with Crippen molar-refractivity contribution >= 4 is 32.7 Å². The van der Waals surface area contributed by atoms with Crippen LogP contribution in [0.25, 0.3) is 11.0 Å². The summed E-state index contributed by atoms with van der Waals surface area (Å²) in [7, 11) is -4.16. The first-order valence-corrected chi connectivity index (χ1v) is 9.51. The Labute approximate surface area is 161 Å². The number of rotatable bonds is 2. The molecule has 1 heterocycles. The van der Waals surface area contributed by atoms with E-state index in [1.807, 2.05) is 6.92 Å². The standard InChI is InChI=1S/C11H10O3.C8H9NO4S/c1-6-7(2)11(13)14-10-5-8(12)3-4-9(6)10;1-6(10)9-7-2-4-8(5-3-7)14(11,12)13/h3-5,12H,1-2H3;2-5H,1H3,(H,9,10)(H,11,12,13). The van der Waals surface area contributed by atoms with Crippen molar-refractivity contribution in [3.05, 3.63) is 64.0 Å². The molecule has 0 saturated carbocycles. The highest BCUT2D eigenvalue weighted by Crippen LogP contribution is 2.22. The molecule has 9 heteroatoms. The number of fused-ring (bicyclic) bond motifs is 1. The predicted octanol–water partition coefficient (Wildman–Crippen LogP) is 3.01. The van der Waals surface area contributed by atoms with Gasteiger partial charge in [0.15, 0.2) is 0 Å². The number of anilines is 1. The van der Waals surface area contributed by atoms with E-state index in [0.29, 0.717) is 16.8 Å². The maximum atomic E-state index is 11.3. The van der Waals surface area contributed by atoms with Gasteiger partial charge in [-0.3, -0.25) is 9.35 Å². The Morgan fingerprint density at radius 3 is 2.18 bits per heavy atom. The summed E-state index contributed by atoms with van der Waals surface area (Å²) in [6.45, 7) is 4.94. The first kappa shape index (κ1) is 21.1. The van der Waals surface area contributed by atoms with Crippen molar-refractivity contribution in [1.29, 1.82) is 0 Å². The number of aryl methyl sites for hydroxylation is 1. The van der Waals surface area contributed by atoms with Crippen molar-refractivity contribution < 1.29 is 27.3 Å². The molecule has 1 amide bonds. The summed E-state index contributed by atoms with van der Waals surface area (Å²) in [6.07, 6.45) is 0. The predicted molar refractivity (Wildman–Crippen MR) is 104 cm³/mol. The molecule has 3 rings (SSSR count). The van der Waals surface area contributed by atoms with Crippen LogP contribution in [0.1, 0.15) is 18.1 Å². The summed E-state index contributed by atoms with van der Waals surface area (Å²) >= 11 is 0. The van der Waals surface area contributed by atoms with Gasteiger partial charge in [-0.05, 0) is 55.8 Å². The van der Waals surface area contributed by atoms with E-state index in [4.69, 9.17) is 8.97 Å². The molecule has 8 nitrogen and oxygen atoms in total. The highest BCUT2D eigenvalue weighted by molar-refractivity contribution is 7.85. The Kier molecular flexibility index (Phi) is 6.22. The summed E-state index contributed by atoms with van der Waals surface area (Å²) in [5.41, 5.74) is 2.07. The van der Waals surface area contributed by atoms with Gasteiger partial charge in [0.1, 0.15) is 11.3 Å². The van der Waals surface area contributed by atoms with E-state index in [0.717, 1.165) is 10.9 Å². The van der Waals surface area contributed by atoms with Gasteiger partial charge < -0.3 is 14.8 Å². The fourth-order valence-electron chi connectivity index (χ4n) is 2.35. The normalized spacial score (nSPS) is 10.9. The number of hydrogen-bond donors (Lipinski definition) is 3. The van der Waals surface area contributed by atoms with Crippen molar-refractivity contribution in [3.8, 4) is 5.75 Å². The lowest BCUT2D eigenvalue weighted by molar-refractivity contribution is -0.114. The van der Waals surface area contributed by atoms with Gasteiger partial charge in [0.25, 0.3) is 10.1 Å². The molecule has 28 heavy (non-hydrogen) atoms. The molecule has 0 bridgehead atoms. The maximum absolute atomic E-state index is 11.3. The summed E-state index contributed by atoms with van der Waals surface area (Å²) in [6, 6.07) is 9.98. The Balaban J connectivity index is 0.000000200. The molecule has 3 aromatic rings. The highest BCUT2D eigenvalue weighted by Gasteiger charge is 2.08. The van der Waals surface area contributed by atoms with Crippen LogP contribution in [0.2, 0.25) is 0 Å². The third-order valence-corrected chi connectivity index (χ3v) is 4.78. The zero-order valence-electron chi connectivity index (χ0n) is 15.4. The van der Waals surface area contributed by atoms with Crippen LogP contribution in [0.4, 0.5) is 5.69 Å². The van der Waals surface area contributed by atoms with Crippen molar-refractivity contribution in [3.63, 3.8) is 0 Å². The number of hydrogen-bond acceptors (Lipinski definition) is 6. The van der Waals surface area contributed by atoms with Crippen LogP contribution in [0.5, 0.6) is 5.75 Å². The lowest BCUT2D eigenvalue weighted by atomic mass is 10.1. The third kappa shape index (κ3) is 5.18. The molecule has 0 aliphatic rings. The fourth-order valence-corrected chi connectivity index (χ4v) is 2.83. The molecule has 0 unspecified atom stereocenters. The molecule has 0 saturated heterocycles. The highest BCUT2D eigenvalue weighted by atomic mass is 32.2. The monoisotopic (exact) mass is 405 g/mol. The number of amides is 1. The molecule has 148 valence electrons. The number of nitrogens with one attached hydrogen (secondary N) is 1. The van der Waals surface area contributed by atoms with E-state index in [1.165, 1.54) is 37.3 Å². The molecule has 0 fully saturated rings. The minimum Gasteiger partial charge on any atom is -0.508 e. The Morgan fingerprint density at radius 1 is 1.04 bits per heavy atom. The van der Waals surface area contributed by atoms with Gasteiger partial charge in [-0.25, -0.2) is 4.79 Å². The summed E-state index contributed by atoms with van der Waals surface area (Å²) < 4.78 is 35.0. The molecular formula is C19H19NO7S. The van der Waals surface area contributed by atoms with Gasteiger partial charge in [0, 0.05) is 29.6 Å². The number of aromatic hydroxyl groups is 1. The van der Waals surface area contributed by atoms with Crippen molar-refractivity contribution in [2.24, 2.45) is 0 Å². The third-order valence-electron chi connectivity index (χ3n) is 3.91. The second kappa shape index (κ2) is 8.24. The average molecular weight is 405 g/mol. The largest absolute Gasteiger partial charge is 0.508 e. The summed E-state index contributed by atoms with van der Waals surface area (Å²) in [5, 5.41) is 12.5. The number of carbonyl (C=O) groups excluding carboxylic acids is 1. The zero-order valence-corrected chi connectivity index (χ0v) is 16.2. The van der Waals surface area contributed by atoms with E-state index in [1.54, 1.807) is 19.1 Å². The van der Waals surface area contributed by atoms with Crippen LogP contribution >= 0.6 is 0 Å². The first-order chi connectivity index (χ1) is 13.0. The van der Waals surface area contributed by atoms with Crippen LogP contribution < -0.4 is 10.9 Å². The van der Waals surface area contributed by atoms with Gasteiger partial charge in [0.2, 0.25) is 5.91 Å². The average Bonchev–Trinajstić information content (AvgIpc) is 2.59. The first-order valence-electron chi connectivity index (χ1n) is 8.07. The van der Waals surface area contributed by atoms with Crippen LogP contribution in [0.3, 0.4) is 0 Å². The molecule has 0 spiro atoms. The van der Waals surface area contributed by atoms with Crippen molar-refractivity contribution in [2.75, 3.05) is 5.32 Å². The number of phenolic OH excluding ortho intramolecular Hbond substituents is 1. The van der Waals surface area contributed by atoms with E-state index >= 15 is 0 Å². The lowest BCUT2D eigenvalue weighted by Crippen LogP contribution is -2.06. The van der Waals surface area contributed by atoms with Gasteiger partial charge in [-0.2, -0.15) is 8.42 Å². The smallest absolute Gasteiger partial charge is 0.339 e. The van der Waals surface area contributed by atoms with Crippen molar-refractivity contribution in [2.45, 2.75) is 25.7 Å². The van der Waals surface area contributed by atoms with E-state index in [2.05, 4.69) is 5.32 Å². The topological polar surface area (TPSA) is 134 Å². The fraction of sp³-hybridized carbons (Fsp3) is 0.158.